The predicted molar refractivity (Wildman–Crippen MR) is 120 cm³/mol. The molecule has 0 N–H and O–H groups in total. The molecule has 1 aromatic heterocycles. The Morgan fingerprint density at radius 1 is 1.13 bits per heavy atom. The number of nitrogens with zero attached hydrogens (tertiary/aromatic N) is 5. The molecule has 2 saturated heterocycles. The fourth-order valence-corrected chi connectivity index (χ4v) is 7.72. The lowest BCUT2D eigenvalue weighted by atomic mass is 9.81. The second kappa shape index (κ2) is 8.82. The molecule has 3 heterocycles. The molecule has 2 aliphatic rings. The van der Waals surface area contributed by atoms with E-state index in [9.17, 15) is 16.8 Å². The van der Waals surface area contributed by atoms with Crippen LogP contribution in [0.5, 0.6) is 0 Å². The van der Waals surface area contributed by atoms with Gasteiger partial charge in [0.25, 0.3) is 15.2 Å². The number of sulfone groups is 1. The van der Waals surface area contributed by atoms with Crippen LogP contribution in [0.25, 0.3) is 0 Å². The van der Waals surface area contributed by atoms with Crippen LogP contribution in [0, 0.1) is 5.41 Å². The summed E-state index contributed by atoms with van der Waals surface area (Å²) in [5.41, 5.74) is -0.0124. The summed E-state index contributed by atoms with van der Waals surface area (Å²) in [5, 5.41) is 3.27. The van der Waals surface area contributed by atoms with E-state index in [1.165, 1.54) is 4.31 Å². The van der Waals surface area contributed by atoms with Gasteiger partial charge in [-0.1, -0.05) is 26.6 Å². The molecule has 31 heavy (non-hydrogen) atoms. The smallest absolute Gasteiger partial charge is 0.283 e. The standard InChI is InChI=1S/C18H35N5O5S2Si/c1-6-10-29(24,25)17-19-16(20-23(17)15-28-9-11-31(3,4)5)30(26,27)22-13-18(14-22)7-8-21(2)12-18/h6-15H2,1-5H3. The lowest BCUT2D eigenvalue weighted by Gasteiger charge is -2.46. The molecule has 0 aliphatic carbocycles. The van der Waals surface area contributed by atoms with Crippen LogP contribution in [0.4, 0.5) is 0 Å². The molecule has 10 nitrogen and oxygen atoms in total. The topological polar surface area (TPSA) is 115 Å². The van der Waals surface area contributed by atoms with Crippen LogP contribution in [0.3, 0.4) is 0 Å². The van der Waals surface area contributed by atoms with Crippen molar-refractivity contribution < 1.29 is 21.6 Å². The number of rotatable bonds is 10. The summed E-state index contributed by atoms with van der Waals surface area (Å²) < 4.78 is 59.6. The highest BCUT2D eigenvalue weighted by molar-refractivity contribution is 7.91. The minimum Gasteiger partial charge on any atom is -0.359 e. The fraction of sp³-hybridized carbons (Fsp3) is 0.889. The molecule has 2 aliphatic heterocycles. The van der Waals surface area contributed by atoms with Crippen LogP contribution in [-0.4, -0.2) is 94.5 Å². The zero-order valence-corrected chi connectivity index (χ0v) is 21.8. The number of likely N-dealkylation sites (tertiary alicyclic amines) is 1. The van der Waals surface area contributed by atoms with Crippen LogP contribution >= 0.6 is 0 Å². The van der Waals surface area contributed by atoms with E-state index in [-0.39, 0.29) is 23.1 Å². The SMILES string of the molecule is CCCS(=O)(=O)c1nc(S(=O)(=O)N2CC3(CCN(C)C3)C2)nn1COCC[Si](C)(C)C. The van der Waals surface area contributed by atoms with Crippen molar-refractivity contribution >= 4 is 27.9 Å². The van der Waals surface area contributed by atoms with Crippen LogP contribution in [0.2, 0.25) is 25.7 Å². The average Bonchev–Trinajstić information content (AvgIpc) is 3.21. The van der Waals surface area contributed by atoms with Crippen LogP contribution < -0.4 is 0 Å². The fourth-order valence-electron chi connectivity index (χ4n) is 4.02. The first-order valence-corrected chi connectivity index (χ1v) is 17.5. The van der Waals surface area contributed by atoms with Crippen molar-refractivity contribution in [1.29, 1.82) is 0 Å². The highest BCUT2D eigenvalue weighted by Crippen LogP contribution is 2.41. The van der Waals surface area contributed by atoms with Crippen molar-refractivity contribution in [1.82, 2.24) is 24.0 Å². The van der Waals surface area contributed by atoms with Gasteiger partial charge < -0.3 is 9.64 Å². The summed E-state index contributed by atoms with van der Waals surface area (Å²) in [6, 6.07) is 0.911. The largest absolute Gasteiger partial charge is 0.359 e. The van der Waals surface area contributed by atoms with Crippen molar-refractivity contribution in [3.05, 3.63) is 0 Å². The van der Waals surface area contributed by atoms with Crippen molar-refractivity contribution in [3.8, 4) is 0 Å². The van der Waals surface area contributed by atoms with Gasteiger partial charge in [0.2, 0.25) is 15.0 Å². The maximum Gasteiger partial charge on any atom is 0.283 e. The first-order chi connectivity index (χ1) is 14.3. The van der Waals surface area contributed by atoms with Crippen LogP contribution in [-0.2, 0) is 31.3 Å². The molecule has 0 saturated carbocycles. The number of ether oxygens (including phenoxy) is 1. The van der Waals surface area contributed by atoms with E-state index < -0.39 is 33.1 Å². The van der Waals surface area contributed by atoms with Crippen molar-refractivity contribution in [2.45, 2.75) is 62.5 Å². The first-order valence-electron chi connectivity index (χ1n) is 10.7. The van der Waals surface area contributed by atoms with E-state index in [2.05, 4.69) is 34.6 Å². The number of aromatic nitrogens is 3. The Morgan fingerprint density at radius 2 is 1.81 bits per heavy atom. The Bertz CT molecular complexity index is 997. The molecule has 0 bridgehead atoms. The molecule has 0 amide bonds. The molecule has 2 fully saturated rings. The summed E-state index contributed by atoms with van der Waals surface area (Å²) in [6.45, 7) is 11.4. The Morgan fingerprint density at radius 3 is 2.35 bits per heavy atom. The normalized spacial score (nSPS) is 20.4. The van der Waals surface area contributed by atoms with E-state index in [0.717, 1.165) is 30.2 Å². The van der Waals surface area contributed by atoms with E-state index in [1.54, 1.807) is 6.92 Å². The Kier molecular flexibility index (Phi) is 7.05. The molecule has 0 unspecified atom stereocenters. The van der Waals surface area contributed by atoms with Crippen LogP contribution in [0.15, 0.2) is 10.3 Å². The molecule has 13 heteroatoms. The second-order valence-corrected chi connectivity index (χ2v) is 19.6. The van der Waals surface area contributed by atoms with E-state index in [0.29, 0.717) is 26.1 Å². The predicted octanol–water partition coefficient (Wildman–Crippen LogP) is 1.10. The van der Waals surface area contributed by atoms with Gasteiger partial charge >= 0.3 is 0 Å². The molecular weight excluding hydrogens is 458 g/mol. The summed E-state index contributed by atoms with van der Waals surface area (Å²) in [4.78, 5) is 6.18. The number of sulfonamides is 1. The molecule has 0 aromatic carbocycles. The maximum absolute atomic E-state index is 13.1. The van der Waals surface area contributed by atoms with Crippen molar-refractivity contribution in [3.63, 3.8) is 0 Å². The molecule has 3 rings (SSSR count). The van der Waals surface area contributed by atoms with E-state index in [4.69, 9.17) is 4.74 Å². The lowest BCUT2D eigenvalue weighted by molar-refractivity contribution is 0.0702. The molecule has 178 valence electrons. The molecule has 0 radical (unpaired) electrons. The summed E-state index contributed by atoms with van der Waals surface area (Å²) in [7, 11) is -7.00. The minimum atomic E-state index is -3.96. The zero-order chi connectivity index (χ0) is 23.1. The van der Waals surface area contributed by atoms with E-state index >= 15 is 0 Å². The van der Waals surface area contributed by atoms with Gasteiger partial charge in [0.15, 0.2) is 0 Å². The third-order valence-corrected chi connectivity index (χ3v) is 10.9. The van der Waals surface area contributed by atoms with Crippen LogP contribution in [0.1, 0.15) is 19.8 Å². The zero-order valence-electron chi connectivity index (χ0n) is 19.2. The van der Waals surface area contributed by atoms with Gasteiger partial charge in [-0.25, -0.2) is 21.5 Å². The molecule has 1 aromatic rings. The highest BCUT2D eigenvalue weighted by atomic mass is 32.2. The molecule has 1 spiro atoms. The second-order valence-electron chi connectivity index (χ2n) is 10.1. The first kappa shape index (κ1) is 24.8. The van der Waals surface area contributed by atoms with Crippen molar-refractivity contribution in [2.75, 3.05) is 45.6 Å². The quantitative estimate of drug-likeness (QED) is 0.352. The Balaban J connectivity index is 1.79. The molecular formula is C18H35N5O5S2Si. The maximum atomic E-state index is 13.1. The van der Waals surface area contributed by atoms with Gasteiger partial charge in [-0.15, -0.1) is 5.10 Å². The third-order valence-electron chi connectivity index (χ3n) is 5.80. The van der Waals surface area contributed by atoms with E-state index in [1.807, 2.05) is 7.05 Å². The van der Waals surface area contributed by atoms with Crippen molar-refractivity contribution in [2.24, 2.45) is 5.41 Å². The van der Waals surface area contributed by atoms with Gasteiger partial charge in [0, 0.05) is 39.7 Å². The number of hydrogen-bond acceptors (Lipinski definition) is 8. The summed E-state index contributed by atoms with van der Waals surface area (Å²) in [6.07, 6.45) is 1.36. The van der Waals surface area contributed by atoms with Gasteiger partial charge in [0.1, 0.15) is 6.73 Å². The Hall–Kier alpha value is -0.863. The summed E-state index contributed by atoms with van der Waals surface area (Å²) in [5.74, 6) is -0.126. The highest BCUT2D eigenvalue weighted by Gasteiger charge is 2.52. The summed E-state index contributed by atoms with van der Waals surface area (Å²) >= 11 is 0. The van der Waals surface area contributed by atoms with Gasteiger partial charge in [-0.2, -0.15) is 9.29 Å². The molecule has 0 atom stereocenters. The Labute approximate surface area is 186 Å². The monoisotopic (exact) mass is 493 g/mol. The number of hydrogen-bond donors (Lipinski definition) is 0. The van der Waals surface area contributed by atoms with Gasteiger partial charge in [-0.3, -0.25) is 0 Å². The third kappa shape index (κ3) is 5.56. The van der Waals surface area contributed by atoms with Gasteiger partial charge in [0.05, 0.1) is 5.75 Å². The minimum absolute atomic E-state index is 0.0124. The van der Waals surface area contributed by atoms with Gasteiger partial charge in [-0.05, 0) is 32.5 Å². The lowest BCUT2D eigenvalue weighted by Crippen LogP contribution is -2.59. The average molecular weight is 494 g/mol.